The summed E-state index contributed by atoms with van der Waals surface area (Å²) in [5.74, 6) is -0.339. The predicted octanol–water partition coefficient (Wildman–Crippen LogP) is 0.901. The van der Waals surface area contributed by atoms with E-state index < -0.39 is 27.9 Å². The van der Waals surface area contributed by atoms with Crippen LogP contribution >= 0.6 is 11.8 Å². The van der Waals surface area contributed by atoms with E-state index in [2.05, 4.69) is 10.3 Å². The molecule has 1 aromatic heterocycles. The van der Waals surface area contributed by atoms with Crippen molar-refractivity contribution in [2.75, 3.05) is 24.6 Å². The molecule has 25 heavy (non-hydrogen) atoms. The summed E-state index contributed by atoms with van der Waals surface area (Å²) >= 11 is 1.70. The van der Waals surface area contributed by atoms with Crippen molar-refractivity contribution in [1.29, 1.82) is 0 Å². The number of carbonyl (C=O) groups excluding carboxylic acids is 1. The van der Waals surface area contributed by atoms with Crippen molar-refractivity contribution < 1.29 is 23.1 Å². The lowest BCUT2D eigenvalue weighted by Crippen LogP contribution is -2.40. The maximum absolute atomic E-state index is 12.6. The summed E-state index contributed by atoms with van der Waals surface area (Å²) in [6, 6.07) is 0.159. The number of H-pyrrole nitrogens is 1. The third kappa shape index (κ3) is 4.86. The SMILES string of the molecule is C/C=C/CC(NC(=O)c1cc(S(=O)(=O)N2CCSCC2)c[nH]1)C(=O)O. The fraction of sp³-hybridized carbons (Fsp3) is 0.467. The molecule has 2 rings (SSSR count). The van der Waals surface area contributed by atoms with Crippen LogP contribution in [0.15, 0.2) is 29.3 Å². The maximum Gasteiger partial charge on any atom is 0.326 e. The van der Waals surface area contributed by atoms with Crippen LogP contribution in [0.3, 0.4) is 0 Å². The Labute approximate surface area is 150 Å². The minimum Gasteiger partial charge on any atom is -0.480 e. The van der Waals surface area contributed by atoms with Crippen LogP contribution in [0.2, 0.25) is 0 Å². The molecule has 0 radical (unpaired) electrons. The van der Waals surface area contributed by atoms with Crippen LogP contribution in [0.5, 0.6) is 0 Å². The molecule has 2 heterocycles. The molecule has 0 aromatic carbocycles. The number of carboxylic acid groups (broad SMARTS) is 1. The van der Waals surface area contributed by atoms with Gasteiger partial charge in [0.15, 0.2) is 0 Å². The van der Waals surface area contributed by atoms with E-state index in [0.717, 1.165) is 11.5 Å². The lowest BCUT2D eigenvalue weighted by molar-refractivity contribution is -0.139. The molecular weight excluding hydrogens is 366 g/mol. The zero-order valence-corrected chi connectivity index (χ0v) is 15.4. The van der Waals surface area contributed by atoms with Crippen molar-refractivity contribution in [3.05, 3.63) is 30.1 Å². The third-order valence-corrected chi connectivity index (χ3v) is 6.54. The van der Waals surface area contributed by atoms with E-state index >= 15 is 0 Å². The first kappa shape index (κ1) is 19.5. The van der Waals surface area contributed by atoms with Gasteiger partial charge in [0.2, 0.25) is 10.0 Å². The van der Waals surface area contributed by atoms with Gasteiger partial charge in [-0.05, 0) is 19.4 Å². The highest BCUT2D eigenvalue weighted by Gasteiger charge is 2.28. The van der Waals surface area contributed by atoms with E-state index in [1.54, 1.807) is 30.8 Å². The van der Waals surface area contributed by atoms with Gasteiger partial charge in [-0.25, -0.2) is 13.2 Å². The second-order valence-corrected chi connectivity index (χ2v) is 8.60. The first-order chi connectivity index (χ1) is 11.9. The van der Waals surface area contributed by atoms with Crippen LogP contribution in [0, 0.1) is 0 Å². The second kappa shape index (κ2) is 8.54. The van der Waals surface area contributed by atoms with Crippen LogP contribution in [0.4, 0.5) is 0 Å². The summed E-state index contributed by atoms with van der Waals surface area (Å²) < 4.78 is 26.5. The molecule has 1 amide bonds. The van der Waals surface area contributed by atoms with E-state index in [9.17, 15) is 18.0 Å². The van der Waals surface area contributed by atoms with Crippen molar-refractivity contribution in [1.82, 2.24) is 14.6 Å². The number of aliphatic carboxylic acids is 1. The molecule has 1 aliphatic rings. The van der Waals surface area contributed by atoms with Gasteiger partial charge in [0, 0.05) is 30.8 Å². The van der Waals surface area contributed by atoms with Gasteiger partial charge in [-0.15, -0.1) is 0 Å². The topological polar surface area (TPSA) is 120 Å². The molecule has 1 aromatic rings. The Morgan fingerprint density at radius 2 is 2.12 bits per heavy atom. The normalized spacial score (nSPS) is 17.5. The molecule has 0 aliphatic carbocycles. The van der Waals surface area contributed by atoms with Crippen LogP contribution in [0.25, 0.3) is 0 Å². The number of carbonyl (C=O) groups is 2. The Morgan fingerprint density at radius 1 is 1.44 bits per heavy atom. The van der Waals surface area contributed by atoms with Gasteiger partial charge in [0.25, 0.3) is 5.91 Å². The zero-order valence-electron chi connectivity index (χ0n) is 13.8. The minimum atomic E-state index is -3.65. The Bertz CT molecular complexity index is 751. The Balaban J connectivity index is 2.11. The molecule has 1 atom stereocenters. The number of carboxylic acids is 1. The van der Waals surface area contributed by atoms with Crippen molar-refractivity contribution in [2.24, 2.45) is 0 Å². The molecule has 1 fully saturated rings. The summed E-state index contributed by atoms with van der Waals surface area (Å²) in [5, 5.41) is 11.5. The summed E-state index contributed by atoms with van der Waals surface area (Å²) in [4.78, 5) is 26.0. The Hall–Kier alpha value is -1.78. The Kier molecular flexibility index (Phi) is 6.68. The standard InChI is InChI=1S/C15H21N3O5S2/c1-2-3-4-12(15(20)21)17-14(19)13-9-11(10-16-13)25(22,23)18-5-7-24-8-6-18/h2-3,9-10,12,16H,4-8H2,1H3,(H,17,19)(H,20,21)/b3-2+. The number of aromatic nitrogens is 1. The fourth-order valence-electron chi connectivity index (χ4n) is 2.32. The summed E-state index contributed by atoms with van der Waals surface area (Å²) in [5.41, 5.74) is 0.0108. The Morgan fingerprint density at radius 3 is 2.72 bits per heavy atom. The quantitative estimate of drug-likeness (QED) is 0.598. The van der Waals surface area contributed by atoms with Crippen molar-refractivity contribution in [3.63, 3.8) is 0 Å². The number of sulfonamides is 1. The lowest BCUT2D eigenvalue weighted by Gasteiger charge is -2.24. The van der Waals surface area contributed by atoms with Gasteiger partial charge in [-0.2, -0.15) is 16.1 Å². The van der Waals surface area contributed by atoms with Crippen LogP contribution in [-0.4, -0.2) is 65.3 Å². The minimum absolute atomic E-state index is 0.00452. The van der Waals surface area contributed by atoms with E-state index in [0.29, 0.717) is 13.1 Å². The first-order valence-corrected chi connectivity index (χ1v) is 10.4. The summed E-state index contributed by atoms with van der Waals surface area (Å²) in [7, 11) is -3.65. The van der Waals surface area contributed by atoms with Crippen molar-refractivity contribution in [2.45, 2.75) is 24.3 Å². The van der Waals surface area contributed by atoms with Crippen molar-refractivity contribution >= 4 is 33.7 Å². The van der Waals surface area contributed by atoms with Gasteiger partial charge in [-0.1, -0.05) is 12.2 Å². The van der Waals surface area contributed by atoms with Gasteiger partial charge in [-0.3, -0.25) is 4.79 Å². The van der Waals surface area contributed by atoms with Crippen LogP contribution in [0.1, 0.15) is 23.8 Å². The smallest absolute Gasteiger partial charge is 0.326 e. The van der Waals surface area contributed by atoms with E-state index in [-0.39, 0.29) is 17.0 Å². The number of rotatable bonds is 7. The number of aromatic amines is 1. The summed E-state index contributed by atoms with van der Waals surface area (Å²) in [6.07, 6.45) is 4.74. The molecule has 3 N–H and O–H groups in total. The predicted molar refractivity (Wildman–Crippen MR) is 95.2 cm³/mol. The molecular formula is C15H21N3O5S2. The number of thioether (sulfide) groups is 1. The van der Waals surface area contributed by atoms with Gasteiger partial charge in [0.1, 0.15) is 16.6 Å². The van der Waals surface area contributed by atoms with Gasteiger partial charge < -0.3 is 15.4 Å². The monoisotopic (exact) mass is 387 g/mol. The van der Waals surface area contributed by atoms with Gasteiger partial charge >= 0.3 is 5.97 Å². The highest BCUT2D eigenvalue weighted by Crippen LogP contribution is 2.20. The molecule has 10 heteroatoms. The number of nitrogens with one attached hydrogen (secondary N) is 2. The number of hydrogen-bond donors (Lipinski definition) is 3. The number of nitrogens with zero attached hydrogens (tertiary/aromatic N) is 1. The molecule has 8 nitrogen and oxygen atoms in total. The maximum atomic E-state index is 12.6. The first-order valence-electron chi connectivity index (χ1n) is 7.77. The molecule has 1 saturated heterocycles. The second-order valence-electron chi connectivity index (χ2n) is 5.43. The third-order valence-electron chi connectivity index (χ3n) is 3.72. The van der Waals surface area contributed by atoms with Crippen molar-refractivity contribution in [3.8, 4) is 0 Å². The summed E-state index contributed by atoms with van der Waals surface area (Å²) in [6.45, 7) is 2.62. The molecule has 138 valence electrons. The fourth-order valence-corrected chi connectivity index (χ4v) is 4.89. The van der Waals surface area contributed by atoms with E-state index in [4.69, 9.17) is 5.11 Å². The van der Waals surface area contributed by atoms with E-state index in [1.165, 1.54) is 16.6 Å². The van der Waals surface area contributed by atoms with Crippen LogP contribution < -0.4 is 5.32 Å². The molecule has 0 bridgehead atoms. The zero-order chi connectivity index (χ0) is 18.4. The highest BCUT2D eigenvalue weighted by atomic mass is 32.2. The average molecular weight is 387 g/mol. The number of amides is 1. The number of allylic oxidation sites excluding steroid dienone is 1. The highest BCUT2D eigenvalue weighted by molar-refractivity contribution is 7.99. The largest absolute Gasteiger partial charge is 0.480 e. The molecule has 1 aliphatic heterocycles. The average Bonchev–Trinajstić information content (AvgIpc) is 3.10. The number of hydrogen-bond acceptors (Lipinski definition) is 5. The van der Waals surface area contributed by atoms with Gasteiger partial charge in [0.05, 0.1) is 0 Å². The van der Waals surface area contributed by atoms with Crippen LogP contribution in [-0.2, 0) is 14.8 Å². The molecule has 0 saturated carbocycles. The van der Waals surface area contributed by atoms with E-state index in [1.807, 2.05) is 0 Å². The molecule has 1 unspecified atom stereocenters. The lowest BCUT2D eigenvalue weighted by atomic mass is 10.2. The molecule has 0 spiro atoms.